The number of nitrogens with zero attached hydrogens (tertiary/aromatic N) is 3. The quantitative estimate of drug-likeness (QED) is 0.840. The van der Waals surface area contributed by atoms with E-state index in [9.17, 15) is 13.2 Å². The van der Waals surface area contributed by atoms with E-state index in [1.807, 2.05) is 13.8 Å². The molecule has 0 spiro atoms. The van der Waals surface area contributed by atoms with Crippen molar-refractivity contribution in [3.05, 3.63) is 22.0 Å². The molecule has 0 aromatic carbocycles. The fraction of sp³-hybridized carbons (Fsp3) is 0.533. The minimum Gasteiger partial charge on any atom is -0.351 e. The van der Waals surface area contributed by atoms with Crippen molar-refractivity contribution in [1.29, 1.82) is 0 Å². The molecule has 3 heterocycles. The lowest BCUT2D eigenvalue weighted by atomic mass is 10.2. The zero-order valence-electron chi connectivity index (χ0n) is 14.6. The van der Waals surface area contributed by atoms with E-state index >= 15 is 0 Å². The number of hydrogen-bond donors (Lipinski definition) is 2. The van der Waals surface area contributed by atoms with Crippen LogP contribution in [-0.2, 0) is 16.4 Å². The summed E-state index contributed by atoms with van der Waals surface area (Å²) in [6.45, 7) is 7.90. The Morgan fingerprint density at radius 2 is 2.04 bits per heavy atom. The SMILES string of the molecule is Cc1nn(C(C)C)c(C)c1S(=O)(=O)Nc1nc2c(s1)C(=O)NCCC2. The molecule has 0 radical (unpaired) electrons. The molecule has 0 fully saturated rings. The molecule has 8 nitrogen and oxygen atoms in total. The van der Waals surface area contributed by atoms with Gasteiger partial charge in [0.2, 0.25) is 0 Å². The first-order valence-corrected chi connectivity index (χ1v) is 10.4. The first-order chi connectivity index (χ1) is 11.7. The van der Waals surface area contributed by atoms with Crippen LogP contribution in [0.2, 0.25) is 0 Å². The maximum Gasteiger partial charge on any atom is 0.267 e. The Kier molecular flexibility index (Phi) is 4.58. The number of carbonyl (C=O) groups is 1. The third-order valence-corrected chi connectivity index (χ3v) is 6.75. The predicted molar refractivity (Wildman–Crippen MR) is 95.7 cm³/mol. The van der Waals surface area contributed by atoms with E-state index in [1.54, 1.807) is 18.5 Å². The van der Waals surface area contributed by atoms with Crippen molar-refractivity contribution in [2.45, 2.75) is 51.5 Å². The maximum atomic E-state index is 12.8. The average molecular weight is 383 g/mol. The Morgan fingerprint density at radius 3 is 2.68 bits per heavy atom. The maximum absolute atomic E-state index is 12.8. The molecule has 0 saturated carbocycles. The van der Waals surface area contributed by atoms with Gasteiger partial charge in [-0.3, -0.25) is 14.2 Å². The molecule has 0 saturated heterocycles. The third-order valence-electron chi connectivity index (χ3n) is 4.02. The second kappa shape index (κ2) is 6.41. The summed E-state index contributed by atoms with van der Waals surface area (Å²) >= 11 is 1.06. The summed E-state index contributed by atoms with van der Waals surface area (Å²) in [7, 11) is -3.83. The Bertz CT molecular complexity index is 927. The van der Waals surface area contributed by atoms with Crippen molar-refractivity contribution in [3.63, 3.8) is 0 Å². The molecule has 3 rings (SSSR count). The molecule has 10 heteroatoms. The number of carbonyl (C=O) groups excluding carboxylic acids is 1. The smallest absolute Gasteiger partial charge is 0.267 e. The average Bonchev–Trinajstić information content (AvgIpc) is 2.98. The molecule has 2 aromatic rings. The van der Waals surface area contributed by atoms with Gasteiger partial charge in [0, 0.05) is 12.6 Å². The Hall–Kier alpha value is -1.94. The van der Waals surface area contributed by atoms with Gasteiger partial charge in [-0.2, -0.15) is 5.10 Å². The van der Waals surface area contributed by atoms with Crippen LogP contribution in [0, 0.1) is 13.8 Å². The lowest BCUT2D eigenvalue weighted by Gasteiger charge is -2.09. The van der Waals surface area contributed by atoms with Crippen LogP contribution in [0.25, 0.3) is 0 Å². The van der Waals surface area contributed by atoms with Crippen molar-refractivity contribution in [2.75, 3.05) is 11.3 Å². The molecule has 0 bridgehead atoms. The largest absolute Gasteiger partial charge is 0.351 e. The molecule has 136 valence electrons. The highest BCUT2D eigenvalue weighted by atomic mass is 32.2. The second-order valence-corrected chi connectivity index (χ2v) is 8.92. The van der Waals surface area contributed by atoms with E-state index in [1.165, 1.54) is 0 Å². The first kappa shape index (κ1) is 17.9. The highest BCUT2D eigenvalue weighted by Crippen LogP contribution is 2.29. The fourth-order valence-corrected chi connectivity index (χ4v) is 5.55. The van der Waals surface area contributed by atoms with Crippen LogP contribution in [0.4, 0.5) is 5.13 Å². The van der Waals surface area contributed by atoms with Crippen LogP contribution in [0.15, 0.2) is 4.90 Å². The summed E-state index contributed by atoms with van der Waals surface area (Å²) < 4.78 is 29.9. The van der Waals surface area contributed by atoms with Gasteiger partial charge in [-0.25, -0.2) is 13.4 Å². The van der Waals surface area contributed by atoms with Crippen LogP contribution >= 0.6 is 11.3 Å². The standard InChI is InChI=1S/C15H21N5O3S2/c1-8(2)20-10(4)13(9(3)18-20)25(22,23)19-15-17-11-6-5-7-16-14(21)12(11)24-15/h8H,5-7H2,1-4H3,(H,16,21)(H,17,19). The van der Waals surface area contributed by atoms with Gasteiger partial charge in [-0.05, 0) is 40.5 Å². The van der Waals surface area contributed by atoms with Crippen molar-refractivity contribution in [1.82, 2.24) is 20.1 Å². The highest BCUT2D eigenvalue weighted by molar-refractivity contribution is 7.93. The Balaban J connectivity index is 1.96. The highest BCUT2D eigenvalue weighted by Gasteiger charge is 2.28. The number of fused-ring (bicyclic) bond motifs is 1. The number of nitrogens with one attached hydrogen (secondary N) is 2. The van der Waals surface area contributed by atoms with Gasteiger partial charge in [0.1, 0.15) is 9.77 Å². The monoisotopic (exact) mass is 383 g/mol. The number of amides is 1. The molecule has 0 atom stereocenters. The van der Waals surface area contributed by atoms with Crippen LogP contribution in [0.5, 0.6) is 0 Å². The van der Waals surface area contributed by atoms with Crippen molar-refractivity contribution < 1.29 is 13.2 Å². The minimum absolute atomic E-state index is 0.0577. The number of aromatic nitrogens is 3. The van der Waals surface area contributed by atoms with E-state index in [0.717, 1.165) is 17.8 Å². The van der Waals surface area contributed by atoms with E-state index in [-0.39, 0.29) is 22.0 Å². The molecule has 2 N–H and O–H groups in total. The number of rotatable bonds is 4. The van der Waals surface area contributed by atoms with Crippen LogP contribution in [0.3, 0.4) is 0 Å². The Morgan fingerprint density at radius 1 is 1.32 bits per heavy atom. The van der Waals surface area contributed by atoms with Crippen molar-refractivity contribution in [3.8, 4) is 0 Å². The minimum atomic E-state index is -3.83. The van der Waals surface area contributed by atoms with E-state index in [4.69, 9.17) is 0 Å². The van der Waals surface area contributed by atoms with Gasteiger partial charge in [0.15, 0.2) is 5.13 Å². The zero-order valence-corrected chi connectivity index (χ0v) is 16.2. The summed E-state index contributed by atoms with van der Waals surface area (Å²) in [5.74, 6) is -0.199. The van der Waals surface area contributed by atoms with Gasteiger partial charge < -0.3 is 5.32 Å². The third kappa shape index (κ3) is 3.28. The van der Waals surface area contributed by atoms with Crippen molar-refractivity contribution in [2.24, 2.45) is 0 Å². The van der Waals surface area contributed by atoms with Crippen LogP contribution in [-0.4, -0.2) is 35.6 Å². The van der Waals surface area contributed by atoms with Gasteiger partial charge in [-0.15, -0.1) is 0 Å². The van der Waals surface area contributed by atoms with Gasteiger partial charge in [0.05, 0.1) is 17.1 Å². The van der Waals surface area contributed by atoms with E-state index < -0.39 is 10.0 Å². The summed E-state index contributed by atoms with van der Waals surface area (Å²) in [4.78, 5) is 17.0. The molecule has 25 heavy (non-hydrogen) atoms. The Labute approximate surface area is 150 Å². The molecule has 1 amide bonds. The van der Waals surface area contributed by atoms with Crippen LogP contribution < -0.4 is 10.0 Å². The lowest BCUT2D eigenvalue weighted by molar-refractivity contribution is 0.0960. The number of aryl methyl sites for hydroxylation is 2. The normalized spacial score (nSPS) is 15.0. The lowest BCUT2D eigenvalue weighted by Crippen LogP contribution is -2.21. The van der Waals surface area contributed by atoms with Gasteiger partial charge in [-0.1, -0.05) is 11.3 Å². The topological polar surface area (TPSA) is 106 Å². The van der Waals surface area contributed by atoms with Crippen molar-refractivity contribution >= 4 is 32.4 Å². The summed E-state index contributed by atoms with van der Waals surface area (Å²) in [6, 6.07) is 0.0577. The first-order valence-electron chi connectivity index (χ1n) is 8.07. The fourth-order valence-electron chi connectivity index (χ4n) is 2.99. The van der Waals surface area contributed by atoms with Crippen LogP contribution in [0.1, 0.15) is 53.1 Å². The predicted octanol–water partition coefficient (Wildman–Crippen LogP) is 2.01. The molecule has 2 aromatic heterocycles. The molecule has 0 aliphatic carbocycles. The molecular weight excluding hydrogens is 362 g/mol. The summed E-state index contributed by atoms with van der Waals surface area (Å²) in [6.07, 6.45) is 1.43. The van der Waals surface area contributed by atoms with Gasteiger partial charge in [0.25, 0.3) is 15.9 Å². The molecular formula is C15H21N5O3S2. The van der Waals surface area contributed by atoms with Gasteiger partial charge >= 0.3 is 0 Å². The second-order valence-electron chi connectivity index (χ2n) is 6.30. The number of anilines is 1. The number of thiazole rings is 1. The van der Waals surface area contributed by atoms with E-state index in [2.05, 4.69) is 20.1 Å². The number of sulfonamides is 1. The summed E-state index contributed by atoms with van der Waals surface area (Å²) in [5.41, 5.74) is 1.66. The zero-order chi connectivity index (χ0) is 18.4. The van der Waals surface area contributed by atoms with E-state index in [0.29, 0.717) is 34.9 Å². The molecule has 1 aliphatic rings. The number of hydrogen-bond acceptors (Lipinski definition) is 6. The summed E-state index contributed by atoms with van der Waals surface area (Å²) in [5, 5.41) is 7.31. The molecule has 1 aliphatic heterocycles. The molecule has 0 unspecified atom stereocenters.